The van der Waals surface area contributed by atoms with Gasteiger partial charge in [0.25, 0.3) is 0 Å². The Morgan fingerprint density at radius 2 is 1.89 bits per heavy atom. The smallest absolute Gasteiger partial charge is 0.222 e. The Bertz CT molecular complexity index is 713. The minimum atomic E-state index is -0.435. The molecule has 27 heavy (non-hydrogen) atoms. The van der Waals surface area contributed by atoms with Crippen LogP contribution in [0.3, 0.4) is 0 Å². The van der Waals surface area contributed by atoms with E-state index in [0.29, 0.717) is 24.3 Å². The number of aromatic nitrogens is 2. The molecule has 0 radical (unpaired) electrons. The molecule has 2 aromatic rings. The van der Waals surface area contributed by atoms with Crippen LogP contribution in [0, 0.1) is 17.6 Å². The third kappa shape index (κ3) is 5.70. The highest BCUT2D eigenvalue weighted by Crippen LogP contribution is 2.24. The Morgan fingerprint density at radius 1 is 1.19 bits per heavy atom. The van der Waals surface area contributed by atoms with Gasteiger partial charge in [-0.2, -0.15) is 0 Å². The number of likely N-dealkylation sites (tertiary alicyclic amines) is 1. The van der Waals surface area contributed by atoms with Crippen LogP contribution in [0.1, 0.15) is 44.2 Å². The summed E-state index contributed by atoms with van der Waals surface area (Å²) in [5, 5.41) is 3.19. The van der Waals surface area contributed by atoms with Crippen LogP contribution >= 0.6 is 0 Å². The zero-order valence-corrected chi connectivity index (χ0v) is 16.1. The third-order valence-corrected chi connectivity index (χ3v) is 5.00. The van der Waals surface area contributed by atoms with Gasteiger partial charge < -0.3 is 5.32 Å². The average Bonchev–Trinajstić information content (AvgIpc) is 2.63. The summed E-state index contributed by atoms with van der Waals surface area (Å²) >= 11 is 0. The predicted octanol–water partition coefficient (Wildman–Crippen LogP) is 4.42. The first kappa shape index (κ1) is 19.7. The van der Waals surface area contributed by atoms with E-state index < -0.39 is 11.6 Å². The van der Waals surface area contributed by atoms with Crippen LogP contribution in [0.2, 0.25) is 0 Å². The lowest BCUT2D eigenvalue weighted by atomic mass is 9.91. The Kier molecular flexibility index (Phi) is 6.72. The zero-order valence-electron chi connectivity index (χ0n) is 16.1. The van der Waals surface area contributed by atoms with Gasteiger partial charge in [-0.1, -0.05) is 6.07 Å². The molecular weight excluding hydrogens is 346 g/mol. The third-order valence-electron chi connectivity index (χ3n) is 5.00. The molecule has 0 aliphatic carbocycles. The number of rotatable bonds is 7. The van der Waals surface area contributed by atoms with Crippen LogP contribution in [-0.4, -0.2) is 34.0 Å². The molecule has 1 aromatic heterocycles. The van der Waals surface area contributed by atoms with Crippen molar-refractivity contribution in [2.45, 2.75) is 52.1 Å². The molecule has 1 aliphatic rings. The number of hydrogen-bond acceptors (Lipinski definition) is 4. The van der Waals surface area contributed by atoms with Gasteiger partial charge in [-0.25, -0.2) is 18.7 Å². The zero-order chi connectivity index (χ0) is 19.2. The minimum Gasteiger partial charge on any atom is -0.352 e. The topological polar surface area (TPSA) is 41.1 Å². The van der Waals surface area contributed by atoms with Gasteiger partial charge in [-0.05, 0) is 64.1 Å². The van der Waals surface area contributed by atoms with Crippen LogP contribution in [0.4, 0.5) is 14.7 Å². The largest absolute Gasteiger partial charge is 0.352 e. The van der Waals surface area contributed by atoms with E-state index in [4.69, 9.17) is 0 Å². The van der Waals surface area contributed by atoms with Gasteiger partial charge in [0.15, 0.2) is 0 Å². The van der Waals surface area contributed by atoms with E-state index in [-0.39, 0.29) is 5.56 Å². The molecule has 1 aliphatic heterocycles. The first-order valence-corrected chi connectivity index (χ1v) is 9.74. The number of piperidine rings is 1. The van der Waals surface area contributed by atoms with Crippen LogP contribution in [0.5, 0.6) is 0 Å². The van der Waals surface area contributed by atoms with Crippen molar-refractivity contribution in [1.82, 2.24) is 14.9 Å². The number of nitrogens with zero attached hydrogens (tertiary/aromatic N) is 3. The molecule has 1 atom stereocenters. The van der Waals surface area contributed by atoms with Crippen molar-refractivity contribution in [3.63, 3.8) is 0 Å². The molecular formula is C21H28F2N4. The number of benzene rings is 1. The van der Waals surface area contributed by atoms with Crippen molar-refractivity contribution in [3.05, 3.63) is 53.4 Å². The summed E-state index contributed by atoms with van der Waals surface area (Å²) in [4.78, 5) is 11.1. The lowest BCUT2D eigenvalue weighted by molar-refractivity contribution is 0.161. The monoisotopic (exact) mass is 374 g/mol. The van der Waals surface area contributed by atoms with Crippen LogP contribution in [0.15, 0.2) is 30.6 Å². The van der Waals surface area contributed by atoms with Crippen molar-refractivity contribution < 1.29 is 8.78 Å². The SMILES string of the molecule is CC(C)Nc1ncc(CN2CCCC(CCc3c(F)cccc3F)C2)cn1. The Labute approximate surface area is 160 Å². The van der Waals surface area contributed by atoms with E-state index in [1.54, 1.807) is 0 Å². The van der Waals surface area contributed by atoms with E-state index in [1.807, 2.05) is 12.4 Å². The summed E-state index contributed by atoms with van der Waals surface area (Å²) in [7, 11) is 0. The summed E-state index contributed by atoms with van der Waals surface area (Å²) in [5.41, 5.74) is 1.31. The summed E-state index contributed by atoms with van der Waals surface area (Å²) < 4.78 is 27.6. The first-order valence-electron chi connectivity index (χ1n) is 9.74. The summed E-state index contributed by atoms with van der Waals surface area (Å²) in [6, 6.07) is 4.39. The van der Waals surface area contributed by atoms with Crippen molar-refractivity contribution in [2.24, 2.45) is 5.92 Å². The van der Waals surface area contributed by atoms with Crippen molar-refractivity contribution in [1.29, 1.82) is 0 Å². The molecule has 1 N–H and O–H groups in total. The molecule has 4 nitrogen and oxygen atoms in total. The van der Waals surface area contributed by atoms with E-state index in [0.717, 1.165) is 44.5 Å². The molecule has 0 amide bonds. The van der Waals surface area contributed by atoms with Crippen LogP contribution in [0.25, 0.3) is 0 Å². The highest BCUT2D eigenvalue weighted by atomic mass is 19.1. The summed E-state index contributed by atoms with van der Waals surface area (Å²) in [6.45, 7) is 6.90. The van der Waals surface area contributed by atoms with E-state index in [2.05, 4.69) is 34.0 Å². The molecule has 1 unspecified atom stereocenters. The molecule has 1 saturated heterocycles. The number of nitrogens with one attached hydrogen (secondary N) is 1. The quantitative estimate of drug-likeness (QED) is 0.779. The standard InChI is InChI=1S/C21H28F2N4/c1-15(2)26-21-24-11-17(12-25-21)14-27-10-4-5-16(13-27)8-9-18-19(22)6-3-7-20(18)23/h3,6-7,11-12,15-16H,4-5,8-10,13-14H2,1-2H3,(H,24,25,26). The minimum absolute atomic E-state index is 0.219. The van der Waals surface area contributed by atoms with Gasteiger partial charge in [-0.15, -0.1) is 0 Å². The predicted molar refractivity (Wildman–Crippen MR) is 103 cm³/mol. The first-order chi connectivity index (χ1) is 13.0. The maximum atomic E-state index is 13.8. The lowest BCUT2D eigenvalue weighted by Gasteiger charge is -2.32. The summed E-state index contributed by atoms with van der Waals surface area (Å²) in [6.07, 6.45) is 7.22. The van der Waals surface area contributed by atoms with Gasteiger partial charge in [0.1, 0.15) is 11.6 Å². The normalized spacial score (nSPS) is 18.0. The van der Waals surface area contributed by atoms with Gasteiger partial charge in [0.2, 0.25) is 5.95 Å². The molecule has 0 bridgehead atoms. The van der Waals surface area contributed by atoms with Gasteiger partial charge >= 0.3 is 0 Å². The molecule has 6 heteroatoms. The summed E-state index contributed by atoms with van der Waals surface area (Å²) in [5.74, 6) is 0.238. The maximum absolute atomic E-state index is 13.8. The Hall–Kier alpha value is -2.08. The van der Waals surface area contributed by atoms with Crippen molar-refractivity contribution in [2.75, 3.05) is 18.4 Å². The number of halogens is 2. The fourth-order valence-corrected chi connectivity index (χ4v) is 3.68. The highest BCUT2D eigenvalue weighted by Gasteiger charge is 2.21. The molecule has 146 valence electrons. The molecule has 0 saturated carbocycles. The van der Waals surface area contributed by atoms with Crippen LogP contribution in [-0.2, 0) is 13.0 Å². The molecule has 1 fully saturated rings. The van der Waals surface area contributed by atoms with Crippen molar-refractivity contribution >= 4 is 5.95 Å². The van der Waals surface area contributed by atoms with E-state index >= 15 is 0 Å². The molecule has 3 rings (SSSR count). The highest BCUT2D eigenvalue weighted by molar-refractivity contribution is 5.25. The fourth-order valence-electron chi connectivity index (χ4n) is 3.68. The average molecular weight is 374 g/mol. The molecule has 1 aromatic carbocycles. The second-order valence-electron chi connectivity index (χ2n) is 7.70. The molecule has 0 spiro atoms. The van der Waals surface area contributed by atoms with E-state index in [9.17, 15) is 8.78 Å². The number of anilines is 1. The molecule has 2 heterocycles. The lowest BCUT2D eigenvalue weighted by Crippen LogP contribution is -2.35. The second-order valence-corrected chi connectivity index (χ2v) is 7.70. The van der Waals surface area contributed by atoms with Crippen LogP contribution < -0.4 is 5.32 Å². The Morgan fingerprint density at radius 3 is 2.56 bits per heavy atom. The van der Waals surface area contributed by atoms with Gasteiger partial charge in [-0.3, -0.25) is 4.90 Å². The maximum Gasteiger partial charge on any atom is 0.222 e. The fraction of sp³-hybridized carbons (Fsp3) is 0.524. The van der Waals surface area contributed by atoms with Gasteiger partial charge in [0, 0.05) is 42.7 Å². The van der Waals surface area contributed by atoms with Crippen molar-refractivity contribution in [3.8, 4) is 0 Å². The second kappa shape index (κ2) is 9.22. The Balaban J connectivity index is 1.52. The number of hydrogen-bond donors (Lipinski definition) is 1. The van der Waals surface area contributed by atoms with E-state index in [1.165, 1.54) is 18.2 Å². The van der Waals surface area contributed by atoms with Gasteiger partial charge in [0.05, 0.1) is 0 Å².